The lowest BCUT2D eigenvalue weighted by atomic mass is 10.2. The molecule has 78 valence electrons. The Bertz CT molecular complexity index is 312. The Labute approximate surface area is 85.5 Å². The lowest BCUT2D eigenvalue weighted by Crippen LogP contribution is -2.13. The number of aryl methyl sites for hydroxylation is 1. The summed E-state index contributed by atoms with van der Waals surface area (Å²) in [6.45, 7) is 5.30. The molecule has 1 atom stereocenters. The second-order valence-corrected chi connectivity index (χ2v) is 4.09. The van der Waals surface area contributed by atoms with Crippen LogP contribution in [0.25, 0.3) is 0 Å². The van der Waals surface area contributed by atoms with Crippen molar-refractivity contribution in [1.82, 2.24) is 15.1 Å². The zero-order chi connectivity index (χ0) is 10.1. The van der Waals surface area contributed by atoms with E-state index < -0.39 is 0 Å². The van der Waals surface area contributed by atoms with E-state index in [1.165, 1.54) is 24.2 Å². The number of aromatic nitrogens is 2. The van der Waals surface area contributed by atoms with Gasteiger partial charge in [-0.1, -0.05) is 0 Å². The van der Waals surface area contributed by atoms with Crippen molar-refractivity contribution >= 4 is 0 Å². The number of hydrogen-bond donors (Lipinski definition) is 1. The first-order chi connectivity index (χ1) is 6.76. The number of rotatable bonds is 4. The molecule has 14 heavy (non-hydrogen) atoms. The van der Waals surface area contributed by atoms with Crippen LogP contribution in [-0.4, -0.2) is 16.8 Å². The van der Waals surface area contributed by atoms with E-state index in [2.05, 4.69) is 35.0 Å². The van der Waals surface area contributed by atoms with Crippen LogP contribution in [0.5, 0.6) is 0 Å². The summed E-state index contributed by atoms with van der Waals surface area (Å²) in [6.07, 6.45) is 2.69. The molecule has 0 aliphatic heterocycles. The average molecular weight is 193 g/mol. The molecule has 1 aliphatic carbocycles. The fourth-order valence-corrected chi connectivity index (χ4v) is 1.77. The molecule has 1 saturated carbocycles. The van der Waals surface area contributed by atoms with Gasteiger partial charge in [-0.3, -0.25) is 4.68 Å². The van der Waals surface area contributed by atoms with Crippen molar-refractivity contribution in [3.8, 4) is 0 Å². The summed E-state index contributed by atoms with van der Waals surface area (Å²) in [6, 6.07) is 2.63. The smallest absolute Gasteiger partial charge is 0.0794 e. The highest BCUT2D eigenvalue weighted by atomic mass is 15.3. The fourth-order valence-electron chi connectivity index (χ4n) is 1.77. The molecule has 1 aromatic rings. The van der Waals surface area contributed by atoms with Crippen LogP contribution >= 0.6 is 0 Å². The molecule has 0 aromatic carbocycles. The first kappa shape index (κ1) is 9.71. The molecule has 0 saturated heterocycles. The van der Waals surface area contributed by atoms with Crippen LogP contribution in [0.3, 0.4) is 0 Å². The average Bonchev–Trinajstić information content (AvgIpc) is 2.96. The van der Waals surface area contributed by atoms with Crippen LogP contribution in [0.2, 0.25) is 0 Å². The highest BCUT2D eigenvalue weighted by Gasteiger charge is 2.28. The zero-order valence-electron chi connectivity index (χ0n) is 9.25. The molecule has 1 aromatic heterocycles. The van der Waals surface area contributed by atoms with Crippen LogP contribution in [0.15, 0.2) is 6.07 Å². The molecule has 3 heteroatoms. The molecule has 0 bridgehead atoms. The van der Waals surface area contributed by atoms with Gasteiger partial charge in [-0.2, -0.15) is 5.10 Å². The lowest BCUT2D eigenvalue weighted by molar-refractivity contribution is 0.576. The van der Waals surface area contributed by atoms with Gasteiger partial charge >= 0.3 is 0 Å². The van der Waals surface area contributed by atoms with E-state index in [0.29, 0.717) is 6.04 Å². The van der Waals surface area contributed by atoms with E-state index in [9.17, 15) is 0 Å². The molecule has 1 unspecified atom stereocenters. The van der Waals surface area contributed by atoms with Crippen LogP contribution in [-0.2, 0) is 6.54 Å². The van der Waals surface area contributed by atoms with Crippen molar-refractivity contribution in [2.75, 3.05) is 7.05 Å². The predicted molar refractivity (Wildman–Crippen MR) is 57.4 cm³/mol. The Hall–Kier alpha value is -0.830. The highest BCUT2D eigenvalue weighted by molar-refractivity contribution is 5.21. The summed E-state index contributed by atoms with van der Waals surface area (Å²) in [4.78, 5) is 0. The topological polar surface area (TPSA) is 29.9 Å². The molecular formula is C11H19N3. The largest absolute Gasteiger partial charge is 0.312 e. The zero-order valence-corrected chi connectivity index (χ0v) is 9.25. The standard InChI is InChI=1S/C11H19N3/c1-4-14-11(9-5-6-9)7-10(13-14)8(2)12-3/h7-9,12H,4-6H2,1-3H3. The van der Waals surface area contributed by atoms with Crippen LogP contribution in [0, 0.1) is 0 Å². The molecule has 0 amide bonds. The summed E-state index contributed by atoms with van der Waals surface area (Å²) in [5.41, 5.74) is 2.61. The maximum absolute atomic E-state index is 4.61. The van der Waals surface area contributed by atoms with Gasteiger partial charge in [-0.25, -0.2) is 0 Å². The summed E-state index contributed by atoms with van der Waals surface area (Å²) in [5, 5.41) is 7.84. The Kier molecular flexibility index (Phi) is 2.59. The lowest BCUT2D eigenvalue weighted by Gasteiger charge is -2.04. The third-order valence-corrected chi connectivity index (χ3v) is 3.00. The molecule has 2 rings (SSSR count). The second kappa shape index (κ2) is 3.73. The van der Waals surface area contributed by atoms with E-state index in [1.807, 2.05) is 7.05 Å². The van der Waals surface area contributed by atoms with E-state index in [0.717, 1.165) is 12.5 Å². The Morgan fingerprint density at radius 1 is 1.64 bits per heavy atom. The Morgan fingerprint density at radius 2 is 2.36 bits per heavy atom. The predicted octanol–water partition coefficient (Wildman–Crippen LogP) is 2.06. The molecule has 1 N–H and O–H groups in total. The molecular weight excluding hydrogens is 174 g/mol. The first-order valence-electron chi connectivity index (χ1n) is 5.51. The van der Waals surface area contributed by atoms with Gasteiger partial charge in [0.2, 0.25) is 0 Å². The van der Waals surface area contributed by atoms with Crippen molar-refractivity contribution in [2.45, 2.75) is 45.2 Å². The number of nitrogens with one attached hydrogen (secondary N) is 1. The maximum Gasteiger partial charge on any atom is 0.0794 e. The van der Waals surface area contributed by atoms with Gasteiger partial charge in [0, 0.05) is 24.2 Å². The fraction of sp³-hybridized carbons (Fsp3) is 0.727. The van der Waals surface area contributed by atoms with Crippen molar-refractivity contribution < 1.29 is 0 Å². The van der Waals surface area contributed by atoms with Crippen molar-refractivity contribution in [3.05, 3.63) is 17.5 Å². The minimum atomic E-state index is 0.361. The highest BCUT2D eigenvalue weighted by Crippen LogP contribution is 2.40. The van der Waals surface area contributed by atoms with Gasteiger partial charge in [0.1, 0.15) is 0 Å². The first-order valence-corrected chi connectivity index (χ1v) is 5.51. The minimum Gasteiger partial charge on any atom is -0.312 e. The molecule has 0 radical (unpaired) electrons. The van der Waals surface area contributed by atoms with Crippen LogP contribution in [0.1, 0.15) is 50.0 Å². The van der Waals surface area contributed by atoms with Crippen molar-refractivity contribution in [2.24, 2.45) is 0 Å². The normalized spacial score (nSPS) is 18.5. The molecule has 1 fully saturated rings. The maximum atomic E-state index is 4.61. The molecule has 1 heterocycles. The quantitative estimate of drug-likeness (QED) is 0.793. The molecule has 1 aliphatic rings. The van der Waals surface area contributed by atoms with E-state index >= 15 is 0 Å². The monoisotopic (exact) mass is 193 g/mol. The summed E-state index contributed by atoms with van der Waals surface area (Å²) >= 11 is 0. The van der Waals surface area contributed by atoms with Gasteiger partial charge < -0.3 is 5.32 Å². The summed E-state index contributed by atoms with van der Waals surface area (Å²) in [7, 11) is 1.98. The van der Waals surface area contributed by atoms with Gasteiger partial charge in [0.15, 0.2) is 0 Å². The van der Waals surface area contributed by atoms with Gasteiger partial charge in [-0.05, 0) is 39.8 Å². The Morgan fingerprint density at radius 3 is 2.86 bits per heavy atom. The summed E-state index contributed by atoms with van der Waals surface area (Å²) in [5.74, 6) is 0.792. The molecule has 0 spiro atoms. The minimum absolute atomic E-state index is 0.361. The third-order valence-electron chi connectivity index (χ3n) is 3.00. The Balaban J connectivity index is 2.26. The van der Waals surface area contributed by atoms with Crippen molar-refractivity contribution in [1.29, 1.82) is 0 Å². The van der Waals surface area contributed by atoms with Gasteiger partial charge in [0.25, 0.3) is 0 Å². The van der Waals surface area contributed by atoms with E-state index in [-0.39, 0.29) is 0 Å². The molecule has 3 nitrogen and oxygen atoms in total. The van der Waals surface area contributed by atoms with Crippen molar-refractivity contribution in [3.63, 3.8) is 0 Å². The SMILES string of the molecule is CCn1nc(C(C)NC)cc1C1CC1. The number of nitrogens with zero attached hydrogens (tertiary/aromatic N) is 2. The van der Waals surface area contributed by atoms with Gasteiger partial charge in [0.05, 0.1) is 5.69 Å². The number of hydrogen-bond acceptors (Lipinski definition) is 2. The van der Waals surface area contributed by atoms with E-state index in [4.69, 9.17) is 0 Å². The van der Waals surface area contributed by atoms with Gasteiger partial charge in [-0.15, -0.1) is 0 Å². The second-order valence-electron chi connectivity index (χ2n) is 4.09. The van der Waals surface area contributed by atoms with Crippen LogP contribution in [0.4, 0.5) is 0 Å². The summed E-state index contributed by atoms with van der Waals surface area (Å²) < 4.78 is 2.15. The van der Waals surface area contributed by atoms with E-state index in [1.54, 1.807) is 0 Å². The van der Waals surface area contributed by atoms with Crippen LogP contribution < -0.4 is 5.32 Å². The third kappa shape index (κ3) is 1.69.